The maximum atomic E-state index is 4.38. The number of anilines is 1. The normalized spacial score (nSPS) is 15.7. The quantitative estimate of drug-likeness (QED) is 0.793. The summed E-state index contributed by atoms with van der Waals surface area (Å²) in [7, 11) is 0. The number of fused-ring (bicyclic) bond motifs is 1. The van der Waals surface area contributed by atoms with Crippen molar-refractivity contribution in [2.45, 2.75) is 38.6 Å². The van der Waals surface area contributed by atoms with E-state index in [4.69, 9.17) is 0 Å². The molecule has 1 saturated carbocycles. The van der Waals surface area contributed by atoms with E-state index >= 15 is 0 Å². The summed E-state index contributed by atoms with van der Waals surface area (Å²) in [5.41, 5.74) is 2.19. The second-order valence-electron chi connectivity index (χ2n) is 5.24. The van der Waals surface area contributed by atoms with Gasteiger partial charge in [-0.25, -0.2) is 4.98 Å². The zero-order chi connectivity index (χ0) is 13.2. The van der Waals surface area contributed by atoms with Gasteiger partial charge >= 0.3 is 0 Å². The van der Waals surface area contributed by atoms with Crippen LogP contribution in [0.15, 0.2) is 18.5 Å². The fraction of sp³-hybridized carbons (Fsp3) is 0.571. The number of rotatable bonds is 5. The first-order valence-corrected chi connectivity index (χ1v) is 8.05. The molecule has 0 spiro atoms. The predicted octanol–water partition coefficient (Wildman–Crippen LogP) is 3.18. The zero-order valence-electron chi connectivity index (χ0n) is 11.2. The summed E-state index contributed by atoms with van der Waals surface area (Å²) in [4.78, 5) is 6.84. The van der Waals surface area contributed by atoms with Gasteiger partial charge in [0.1, 0.15) is 12.1 Å². The van der Waals surface area contributed by atoms with Crippen molar-refractivity contribution >= 4 is 27.4 Å². The molecule has 0 saturated heterocycles. The van der Waals surface area contributed by atoms with E-state index in [0.717, 1.165) is 23.9 Å². The Morgan fingerprint density at radius 2 is 2.26 bits per heavy atom. The maximum absolute atomic E-state index is 4.38. The topological polar surface area (TPSA) is 33.4 Å². The Bertz CT molecular complexity index is 562. The van der Waals surface area contributed by atoms with Crippen LogP contribution in [-0.4, -0.2) is 32.5 Å². The van der Waals surface area contributed by atoms with Gasteiger partial charge in [0.2, 0.25) is 0 Å². The number of aryl methyl sites for hydroxylation is 1. The minimum Gasteiger partial charge on any atom is -0.353 e. The average Bonchev–Trinajstić information content (AvgIpc) is 2.78. The highest BCUT2D eigenvalue weighted by Crippen LogP contribution is 2.30. The summed E-state index contributed by atoms with van der Waals surface area (Å²) in [6.07, 6.45) is 6.74. The Morgan fingerprint density at radius 3 is 2.95 bits per heavy atom. The van der Waals surface area contributed by atoms with Crippen molar-refractivity contribution in [2.24, 2.45) is 0 Å². The van der Waals surface area contributed by atoms with Crippen LogP contribution in [0.1, 0.15) is 31.2 Å². The van der Waals surface area contributed by atoms with Crippen molar-refractivity contribution in [1.82, 2.24) is 14.6 Å². The molecule has 0 aliphatic heterocycles. The first-order valence-electron chi connectivity index (χ1n) is 6.92. The van der Waals surface area contributed by atoms with Gasteiger partial charge in [0.25, 0.3) is 0 Å². The first-order chi connectivity index (χ1) is 9.29. The lowest BCUT2D eigenvalue weighted by molar-refractivity contribution is 0.382. The number of alkyl halides is 1. The van der Waals surface area contributed by atoms with Gasteiger partial charge in [-0.15, -0.1) is 0 Å². The molecule has 2 heterocycles. The van der Waals surface area contributed by atoms with E-state index in [1.54, 1.807) is 6.33 Å². The Hall–Kier alpha value is -1.10. The minimum atomic E-state index is 0.674. The lowest BCUT2D eigenvalue weighted by Crippen LogP contribution is -2.42. The molecule has 1 aliphatic rings. The first kappa shape index (κ1) is 12.9. The van der Waals surface area contributed by atoms with Crippen LogP contribution in [0.4, 0.5) is 5.82 Å². The van der Waals surface area contributed by atoms with Crippen LogP contribution in [0.25, 0.3) is 5.65 Å². The van der Waals surface area contributed by atoms with Crippen molar-refractivity contribution in [3.63, 3.8) is 0 Å². The molecular weight excluding hydrogens is 304 g/mol. The summed E-state index contributed by atoms with van der Waals surface area (Å²) in [6.45, 7) is 3.20. The van der Waals surface area contributed by atoms with Crippen molar-refractivity contribution in [2.75, 3.05) is 16.8 Å². The van der Waals surface area contributed by atoms with Gasteiger partial charge in [0.05, 0.1) is 0 Å². The van der Waals surface area contributed by atoms with Gasteiger partial charge in [0, 0.05) is 17.9 Å². The van der Waals surface area contributed by atoms with Crippen molar-refractivity contribution in [1.29, 1.82) is 0 Å². The largest absolute Gasteiger partial charge is 0.353 e. The molecular formula is C14H19BrN4. The van der Waals surface area contributed by atoms with Crippen LogP contribution < -0.4 is 4.90 Å². The van der Waals surface area contributed by atoms with E-state index in [1.165, 1.54) is 30.6 Å². The monoisotopic (exact) mass is 322 g/mol. The maximum Gasteiger partial charge on any atom is 0.157 e. The SMILES string of the molecule is Cc1cc(N(CCCBr)C2CCC2)n2ncnc2c1. The number of hydrogen-bond acceptors (Lipinski definition) is 3. The standard InChI is InChI=1S/C14H19BrN4/c1-11-8-13-16-10-17-19(13)14(9-11)18(7-3-6-15)12-4-2-5-12/h8-10,12H,2-7H2,1H3. The zero-order valence-corrected chi connectivity index (χ0v) is 12.8. The van der Waals surface area contributed by atoms with E-state index in [1.807, 2.05) is 4.52 Å². The smallest absolute Gasteiger partial charge is 0.157 e. The van der Waals surface area contributed by atoms with Crippen LogP contribution in [-0.2, 0) is 0 Å². The third-order valence-corrected chi connectivity index (χ3v) is 4.41. The molecule has 0 unspecified atom stereocenters. The molecule has 1 aliphatic carbocycles. The van der Waals surface area contributed by atoms with Gasteiger partial charge in [-0.05, 0) is 50.3 Å². The van der Waals surface area contributed by atoms with E-state index in [9.17, 15) is 0 Å². The lowest BCUT2D eigenvalue weighted by Gasteiger charge is -2.39. The van der Waals surface area contributed by atoms with Gasteiger partial charge in [0.15, 0.2) is 5.65 Å². The number of hydrogen-bond donors (Lipinski definition) is 0. The fourth-order valence-corrected chi connectivity index (χ4v) is 2.90. The summed E-state index contributed by atoms with van der Waals surface area (Å²) >= 11 is 3.53. The molecule has 5 heteroatoms. The summed E-state index contributed by atoms with van der Waals surface area (Å²) in [5.74, 6) is 1.19. The minimum absolute atomic E-state index is 0.674. The Kier molecular flexibility index (Phi) is 3.73. The molecule has 102 valence electrons. The van der Waals surface area contributed by atoms with Gasteiger partial charge < -0.3 is 4.90 Å². The van der Waals surface area contributed by atoms with E-state index in [-0.39, 0.29) is 0 Å². The molecule has 0 N–H and O–H groups in total. The van der Waals surface area contributed by atoms with Gasteiger partial charge in [-0.1, -0.05) is 15.9 Å². The summed E-state index contributed by atoms with van der Waals surface area (Å²) < 4.78 is 1.97. The number of halogens is 1. The van der Waals surface area contributed by atoms with E-state index in [2.05, 4.69) is 50.0 Å². The van der Waals surface area contributed by atoms with Crippen LogP contribution >= 0.6 is 15.9 Å². The highest BCUT2D eigenvalue weighted by atomic mass is 79.9. The Balaban J connectivity index is 2.00. The second-order valence-corrected chi connectivity index (χ2v) is 6.03. The highest BCUT2D eigenvalue weighted by molar-refractivity contribution is 9.09. The van der Waals surface area contributed by atoms with Crippen LogP contribution in [0.5, 0.6) is 0 Å². The third kappa shape index (κ3) is 2.48. The van der Waals surface area contributed by atoms with Crippen molar-refractivity contribution in [3.05, 3.63) is 24.0 Å². The molecule has 1 fully saturated rings. The second kappa shape index (κ2) is 5.49. The Labute approximate surface area is 121 Å². The molecule has 19 heavy (non-hydrogen) atoms. The number of aromatic nitrogens is 3. The molecule has 0 bridgehead atoms. The average molecular weight is 323 g/mol. The molecule has 2 aromatic rings. The molecule has 0 amide bonds. The number of pyridine rings is 1. The number of nitrogens with zero attached hydrogens (tertiary/aromatic N) is 4. The Morgan fingerprint density at radius 1 is 1.42 bits per heavy atom. The van der Waals surface area contributed by atoms with E-state index in [0.29, 0.717) is 6.04 Å². The highest BCUT2D eigenvalue weighted by Gasteiger charge is 2.26. The molecule has 2 aromatic heterocycles. The summed E-state index contributed by atoms with van der Waals surface area (Å²) in [6, 6.07) is 4.99. The van der Waals surface area contributed by atoms with Crippen LogP contribution in [0, 0.1) is 6.92 Å². The fourth-order valence-electron chi connectivity index (χ4n) is 2.65. The molecule has 0 aromatic carbocycles. The lowest BCUT2D eigenvalue weighted by atomic mass is 9.91. The van der Waals surface area contributed by atoms with Crippen LogP contribution in [0.3, 0.4) is 0 Å². The molecule has 0 atom stereocenters. The summed E-state index contributed by atoms with van der Waals surface area (Å²) in [5, 5.41) is 5.43. The van der Waals surface area contributed by atoms with Crippen LogP contribution in [0.2, 0.25) is 0 Å². The molecule has 4 nitrogen and oxygen atoms in total. The molecule has 3 rings (SSSR count). The molecule has 0 radical (unpaired) electrons. The van der Waals surface area contributed by atoms with Crippen molar-refractivity contribution < 1.29 is 0 Å². The predicted molar refractivity (Wildman–Crippen MR) is 81.1 cm³/mol. The third-order valence-electron chi connectivity index (χ3n) is 3.85. The van der Waals surface area contributed by atoms with Gasteiger partial charge in [-0.3, -0.25) is 0 Å². The van der Waals surface area contributed by atoms with Crippen molar-refractivity contribution in [3.8, 4) is 0 Å². The van der Waals surface area contributed by atoms with E-state index < -0.39 is 0 Å². The van der Waals surface area contributed by atoms with Gasteiger partial charge in [-0.2, -0.15) is 9.61 Å².